The van der Waals surface area contributed by atoms with Gasteiger partial charge in [-0.05, 0) is 92.6 Å². The van der Waals surface area contributed by atoms with Gasteiger partial charge < -0.3 is 20.6 Å². The summed E-state index contributed by atoms with van der Waals surface area (Å²) in [5, 5.41) is 17.6. The molecule has 0 saturated heterocycles. The Kier molecular flexibility index (Phi) is 12.0. The molecule has 232 valence electrons. The Hall–Kier alpha value is -3.62. The Labute approximate surface area is 254 Å². The molecule has 2 amide bonds. The molecule has 43 heavy (non-hydrogen) atoms. The lowest BCUT2D eigenvalue weighted by Gasteiger charge is -2.31. The number of aliphatic hydroxyl groups is 1. The second-order valence-corrected chi connectivity index (χ2v) is 11.9. The number of unbranched alkanes of at least 4 members (excludes halogenated alkanes) is 1. The molecule has 0 bridgehead atoms. The van der Waals surface area contributed by atoms with Crippen LogP contribution in [0.1, 0.15) is 83.5 Å². The van der Waals surface area contributed by atoms with Gasteiger partial charge in [-0.25, -0.2) is 8.78 Å². The highest BCUT2D eigenvalue weighted by Gasteiger charge is 2.27. The van der Waals surface area contributed by atoms with E-state index in [-0.39, 0.29) is 24.4 Å². The fraction of sp³-hybridized carbons (Fsp3) is 0.429. The SMILES string of the molecule is CCCCN(C)C(=O)c1cc(C)cc(C(=O)N[C@@H](Cc2cc(F)cc(F)c2)[C@H](O)CNC(C)(C)c2cccc(CC)c2)c1. The minimum absolute atomic E-state index is 0.00757. The Morgan fingerprint density at radius 2 is 1.63 bits per heavy atom. The van der Waals surface area contributed by atoms with Crippen LogP contribution in [-0.4, -0.2) is 54.1 Å². The number of rotatable bonds is 14. The van der Waals surface area contributed by atoms with Crippen molar-refractivity contribution >= 4 is 11.8 Å². The van der Waals surface area contributed by atoms with Crippen molar-refractivity contribution in [1.29, 1.82) is 0 Å². The Morgan fingerprint density at radius 3 is 2.28 bits per heavy atom. The molecule has 8 heteroatoms. The fourth-order valence-corrected chi connectivity index (χ4v) is 5.06. The van der Waals surface area contributed by atoms with Crippen LogP contribution in [0.5, 0.6) is 0 Å². The molecule has 0 aromatic heterocycles. The summed E-state index contributed by atoms with van der Waals surface area (Å²) >= 11 is 0. The standard InChI is InChI=1S/C35H45F2N3O3/c1-7-9-13-40(6)34(43)27-15-23(3)14-26(20-27)33(42)39-31(19-25-17-29(36)21-30(37)18-25)32(41)22-38-35(4,5)28-12-10-11-24(8-2)16-28/h10-12,14-18,20-21,31-32,38,41H,7-9,13,19,22H2,1-6H3,(H,39,42)/t31-,32+/m0/s1. The van der Waals surface area contributed by atoms with Gasteiger partial charge in [-0.1, -0.05) is 44.5 Å². The van der Waals surface area contributed by atoms with Crippen molar-refractivity contribution < 1.29 is 23.5 Å². The minimum Gasteiger partial charge on any atom is -0.390 e. The number of aliphatic hydroxyl groups excluding tert-OH is 1. The summed E-state index contributed by atoms with van der Waals surface area (Å²) in [4.78, 5) is 28.2. The third-order valence-electron chi connectivity index (χ3n) is 7.75. The van der Waals surface area contributed by atoms with E-state index in [4.69, 9.17) is 0 Å². The fourth-order valence-electron chi connectivity index (χ4n) is 5.06. The van der Waals surface area contributed by atoms with Crippen molar-refractivity contribution in [3.8, 4) is 0 Å². The lowest BCUT2D eigenvalue weighted by atomic mass is 9.91. The molecule has 3 rings (SSSR count). The van der Waals surface area contributed by atoms with Crippen molar-refractivity contribution in [2.45, 2.75) is 78.0 Å². The van der Waals surface area contributed by atoms with E-state index in [9.17, 15) is 23.5 Å². The van der Waals surface area contributed by atoms with Crippen LogP contribution >= 0.6 is 0 Å². The van der Waals surface area contributed by atoms with Gasteiger partial charge in [-0.2, -0.15) is 0 Å². The summed E-state index contributed by atoms with van der Waals surface area (Å²) in [6, 6.07) is 15.4. The summed E-state index contributed by atoms with van der Waals surface area (Å²) in [6.07, 6.45) is 1.61. The summed E-state index contributed by atoms with van der Waals surface area (Å²) in [6.45, 7) is 10.7. The average Bonchev–Trinajstić information content (AvgIpc) is 2.97. The maximum absolute atomic E-state index is 14.0. The normalized spacial score (nSPS) is 13.0. The van der Waals surface area contributed by atoms with E-state index in [1.807, 2.05) is 26.0 Å². The number of hydrogen-bond acceptors (Lipinski definition) is 4. The average molecular weight is 594 g/mol. The van der Waals surface area contributed by atoms with Gasteiger partial charge in [0.25, 0.3) is 11.8 Å². The predicted octanol–water partition coefficient (Wildman–Crippen LogP) is 5.93. The number of nitrogens with one attached hydrogen (secondary N) is 2. The first-order valence-electron chi connectivity index (χ1n) is 15.0. The van der Waals surface area contributed by atoms with Crippen LogP contribution in [0.15, 0.2) is 60.7 Å². The van der Waals surface area contributed by atoms with Crippen LogP contribution in [0.4, 0.5) is 8.78 Å². The lowest BCUT2D eigenvalue weighted by molar-refractivity contribution is 0.0793. The van der Waals surface area contributed by atoms with Crippen LogP contribution < -0.4 is 10.6 Å². The number of nitrogens with zero attached hydrogens (tertiary/aromatic N) is 1. The molecule has 3 aromatic rings. The van der Waals surface area contributed by atoms with Crippen LogP contribution in [0.2, 0.25) is 0 Å². The Bertz CT molecular complexity index is 1390. The number of amides is 2. The summed E-state index contributed by atoms with van der Waals surface area (Å²) in [5.74, 6) is -2.15. The van der Waals surface area contributed by atoms with Crippen molar-refractivity contribution in [2.75, 3.05) is 20.1 Å². The van der Waals surface area contributed by atoms with Gasteiger partial charge in [0.05, 0.1) is 12.1 Å². The van der Waals surface area contributed by atoms with Crippen molar-refractivity contribution in [1.82, 2.24) is 15.5 Å². The van der Waals surface area contributed by atoms with Crippen molar-refractivity contribution in [3.05, 3.63) is 106 Å². The molecule has 0 aliphatic carbocycles. The molecule has 0 heterocycles. The zero-order chi connectivity index (χ0) is 31.7. The maximum Gasteiger partial charge on any atom is 0.253 e. The van der Waals surface area contributed by atoms with Crippen LogP contribution in [0.3, 0.4) is 0 Å². The van der Waals surface area contributed by atoms with Gasteiger partial charge in [0.1, 0.15) is 11.6 Å². The van der Waals surface area contributed by atoms with E-state index in [2.05, 4.69) is 36.6 Å². The monoisotopic (exact) mass is 593 g/mol. The van der Waals surface area contributed by atoms with Crippen LogP contribution in [0.25, 0.3) is 0 Å². The molecule has 0 aliphatic heterocycles. The van der Waals surface area contributed by atoms with Gasteiger partial charge in [-0.15, -0.1) is 0 Å². The van der Waals surface area contributed by atoms with Crippen molar-refractivity contribution in [3.63, 3.8) is 0 Å². The number of halogens is 2. The summed E-state index contributed by atoms with van der Waals surface area (Å²) < 4.78 is 28.1. The van der Waals surface area contributed by atoms with E-state index in [1.54, 1.807) is 37.1 Å². The molecular formula is C35H45F2N3O3. The van der Waals surface area contributed by atoms with E-state index in [1.165, 1.54) is 17.7 Å². The van der Waals surface area contributed by atoms with Gasteiger partial charge in [0.15, 0.2) is 0 Å². The molecule has 3 aromatic carbocycles. The molecule has 2 atom stereocenters. The van der Waals surface area contributed by atoms with Crippen LogP contribution in [-0.2, 0) is 18.4 Å². The summed E-state index contributed by atoms with van der Waals surface area (Å²) in [7, 11) is 1.73. The topological polar surface area (TPSA) is 81.7 Å². The highest BCUT2D eigenvalue weighted by atomic mass is 19.1. The zero-order valence-corrected chi connectivity index (χ0v) is 26.1. The molecule has 0 saturated carbocycles. The van der Waals surface area contributed by atoms with Gasteiger partial charge >= 0.3 is 0 Å². The number of hydrogen-bond donors (Lipinski definition) is 3. The van der Waals surface area contributed by atoms with E-state index in [0.717, 1.165) is 36.5 Å². The smallest absolute Gasteiger partial charge is 0.253 e. The predicted molar refractivity (Wildman–Crippen MR) is 167 cm³/mol. The molecule has 0 radical (unpaired) electrons. The molecule has 6 nitrogen and oxygen atoms in total. The second-order valence-electron chi connectivity index (χ2n) is 11.9. The molecular weight excluding hydrogens is 548 g/mol. The number of carbonyl (C=O) groups excluding carboxylic acids is 2. The van der Waals surface area contributed by atoms with E-state index < -0.39 is 35.2 Å². The highest BCUT2D eigenvalue weighted by Crippen LogP contribution is 2.22. The minimum atomic E-state index is -1.10. The molecule has 0 spiro atoms. The number of carbonyl (C=O) groups is 2. The number of benzene rings is 3. The third kappa shape index (κ3) is 9.70. The molecule has 0 fully saturated rings. The highest BCUT2D eigenvalue weighted by molar-refractivity contribution is 6.00. The van der Waals surface area contributed by atoms with Gasteiger partial charge in [-0.3, -0.25) is 9.59 Å². The van der Waals surface area contributed by atoms with Gasteiger partial charge in [0, 0.05) is 42.9 Å². The molecule has 0 unspecified atom stereocenters. The Balaban J connectivity index is 1.84. The zero-order valence-electron chi connectivity index (χ0n) is 26.1. The van der Waals surface area contributed by atoms with Crippen molar-refractivity contribution in [2.24, 2.45) is 0 Å². The second kappa shape index (κ2) is 15.2. The first-order valence-corrected chi connectivity index (χ1v) is 15.0. The quantitative estimate of drug-likeness (QED) is 0.216. The maximum atomic E-state index is 14.0. The largest absolute Gasteiger partial charge is 0.390 e. The summed E-state index contributed by atoms with van der Waals surface area (Å²) in [5.41, 5.74) is 3.44. The first kappa shape index (κ1) is 33.9. The lowest BCUT2D eigenvalue weighted by Crippen LogP contribution is -2.51. The Morgan fingerprint density at radius 1 is 0.953 bits per heavy atom. The van der Waals surface area contributed by atoms with E-state index >= 15 is 0 Å². The van der Waals surface area contributed by atoms with Crippen LogP contribution in [0, 0.1) is 18.6 Å². The van der Waals surface area contributed by atoms with Gasteiger partial charge in [0.2, 0.25) is 0 Å². The molecule has 3 N–H and O–H groups in total. The number of aryl methyl sites for hydroxylation is 2. The first-order chi connectivity index (χ1) is 20.3. The third-order valence-corrected chi connectivity index (χ3v) is 7.75. The van der Waals surface area contributed by atoms with E-state index in [0.29, 0.717) is 17.7 Å². The molecule has 0 aliphatic rings.